The summed E-state index contributed by atoms with van der Waals surface area (Å²) in [6, 6.07) is 8.09. The highest BCUT2D eigenvalue weighted by atomic mass is 35.5. The third-order valence-electron chi connectivity index (χ3n) is 5.16. The van der Waals surface area contributed by atoms with Gasteiger partial charge in [0.15, 0.2) is 0 Å². The van der Waals surface area contributed by atoms with Gasteiger partial charge in [0.05, 0.1) is 0 Å². The average molecular weight is 318 g/mol. The number of nitrogens with one attached hydrogen (secondary N) is 1. The van der Waals surface area contributed by atoms with Crippen LogP contribution < -0.4 is 0 Å². The van der Waals surface area contributed by atoms with Crippen LogP contribution in [0.15, 0.2) is 24.3 Å². The highest BCUT2D eigenvalue weighted by Crippen LogP contribution is 2.30. The first-order chi connectivity index (χ1) is 10.6. The summed E-state index contributed by atoms with van der Waals surface area (Å²) < 4.78 is 0. The second-order valence-electron chi connectivity index (χ2n) is 6.57. The van der Waals surface area contributed by atoms with Crippen LogP contribution >= 0.6 is 11.6 Å². The highest BCUT2D eigenvalue weighted by molar-refractivity contribution is 6.31. The summed E-state index contributed by atoms with van der Waals surface area (Å²) >= 11 is 6.02. The fourth-order valence-corrected chi connectivity index (χ4v) is 4.14. The van der Waals surface area contributed by atoms with Crippen molar-refractivity contribution >= 4 is 28.4 Å². The zero-order valence-corrected chi connectivity index (χ0v) is 13.4. The molecule has 4 rings (SSSR count). The first kappa shape index (κ1) is 14.1. The Labute approximate surface area is 135 Å². The lowest BCUT2D eigenvalue weighted by atomic mass is 9.93. The van der Waals surface area contributed by atoms with Gasteiger partial charge in [-0.15, -0.1) is 0 Å². The maximum absolute atomic E-state index is 12.8. The van der Waals surface area contributed by atoms with E-state index in [9.17, 15) is 4.79 Å². The topological polar surface area (TPSA) is 39.3 Å². The lowest BCUT2D eigenvalue weighted by Gasteiger charge is -2.33. The van der Waals surface area contributed by atoms with Gasteiger partial charge < -0.3 is 14.8 Å². The van der Waals surface area contributed by atoms with Gasteiger partial charge in [-0.05, 0) is 56.6 Å². The van der Waals surface area contributed by atoms with E-state index in [1.54, 1.807) is 0 Å². The third-order valence-corrected chi connectivity index (χ3v) is 5.39. The molecular weight excluding hydrogens is 298 g/mol. The molecule has 4 nitrogen and oxygen atoms in total. The van der Waals surface area contributed by atoms with Crippen molar-refractivity contribution in [2.24, 2.45) is 5.92 Å². The zero-order chi connectivity index (χ0) is 15.3. The zero-order valence-electron chi connectivity index (χ0n) is 12.7. The van der Waals surface area contributed by atoms with E-state index < -0.39 is 0 Å². The Balaban J connectivity index is 1.58. The van der Waals surface area contributed by atoms with E-state index in [0.717, 1.165) is 30.5 Å². The number of fused-ring (bicyclic) bond motifs is 2. The number of hydrogen-bond acceptors (Lipinski definition) is 2. The van der Waals surface area contributed by atoms with E-state index in [-0.39, 0.29) is 5.91 Å². The predicted molar refractivity (Wildman–Crippen MR) is 88.4 cm³/mol. The summed E-state index contributed by atoms with van der Waals surface area (Å²) in [7, 11) is 2.18. The molecule has 2 unspecified atom stereocenters. The molecule has 1 aromatic carbocycles. The molecule has 0 bridgehead atoms. The van der Waals surface area contributed by atoms with Crippen LogP contribution in [0.1, 0.15) is 23.3 Å². The molecule has 22 heavy (non-hydrogen) atoms. The number of hydrogen-bond donors (Lipinski definition) is 1. The number of likely N-dealkylation sites (tertiary alicyclic amines) is 2. The molecule has 2 aliphatic heterocycles. The van der Waals surface area contributed by atoms with Crippen molar-refractivity contribution in [3.05, 3.63) is 35.0 Å². The fourth-order valence-electron chi connectivity index (χ4n) is 3.96. The van der Waals surface area contributed by atoms with E-state index in [1.807, 2.05) is 29.2 Å². The number of carbonyl (C=O) groups excluding carboxylic acids is 1. The number of carbonyl (C=O) groups is 1. The number of halogens is 1. The Morgan fingerprint density at radius 2 is 2.18 bits per heavy atom. The van der Waals surface area contributed by atoms with Crippen LogP contribution in [0.4, 0.5) is 0 Å². The van der Waals surface area contributed by atoms with E-state index in [4.69, 9.17) is 11.6 Å². The van der Waals surface area contributed by atoms with Gasteiger partial charge in [-0.1, -0.05) is 11.6 Å². The minimum absolute atomic E-state index is 0.107. The normalized spacial score (nSPS) is 25.6. The molecule has 1 aromatic heterocycles. The standard InChI is InChI=1S/C17H20ClN3O/c1-20-6-2-3-11-9-21(10-16(11)20)17(22)15-8-12-7-13(18)4-5-14(12)19-15/h4-5,7-8,11,16,19H,2-3,6,9-10H2,1H3. The van der Waals surface area contributed by atoms with Crippen molar-refractivity contribution in [2.75, 3.05) is 26.7 Å². The quantitative estimate of drug-likeness (QED) is 0.878. The van der Waals surface area contributed by atoms with Gasteiger partial charge in [0.25, 0.3) is 5.91 Å². The number of aromatic amines is 1. The van der Waals surface area contributed by atoms with Gasteiger partial charge in [-0.3, -0.25) is 4.79 Å². The van der Waals surface area contributed by atoms with Crippen LogP contribution in [0.2, 0.25) is 5.02 Å². The molecular formula is C17H20ClN3O. The second-order valence-corrected chi connectivity index (χ2v) is 7.01. The monoisotopic (exact) mass is 317 g/mol. The number of H-pyrrole nitrogens is 1. The smallest absolute Gasteiger partial charge is 0.270 e. The van der Waals surface area contributed by atoms with Crippen LogP contribution in [0, 0.1) is 5.92 Å². The van der Waals surface area contributed by atoms with Gasteiger partial charge in [0.2, 0.25) is 0 Å². The SMILES string of the molecule is CN1CCCC2CN(C(=O)c3cc4cc(Cl)ccc4[nH]3)CC21. The molecule has 5 heteroatoms. The van der Waals surface area contributed by atoms with E-state index in [1.165, 1.54) is 12.8 Å². The molecule has 1 amide bonds. The summed E-state index contributed by atoms with van der Waals surface area (Å²) in [4.78, 5) is 20.4. The Morgan fingerprint density at radius 3 is 3.00 bits per heavy atom. The molecule has 2 aliphatic rings. The van der Waals surface area contributed by atoms with Crippen molar-refractivity contribution in [1.29, 1.82) is 0 Å². The van der Waals surface area contributed by atoms with Crippen LogP contribution in [0.5, 0.6) is 0 Å². The molecule has 0 spiro atoms. The summed E-state index contributed by atoms with van der Waals surface area (Å²) in [5.41, 5.74) is 1.63. The molecule has 3 heterocycles. The van der Waals surface area contributed by atoms with Crippen LogP contribution in [0.25, 0.3) is 10.9 Å². The van der Waals surface area contributed by atoms with Gasteiger partial charge in [-0.2, -0.15) is 0 Å². The molecule has 2 atom stereocenters. The number of aromatic nitrogens is 1. The third kappa shape index (κ3) is 2.31. The number of rotatable bonds is 1. The van der Waals surface area contributed by atoms with Crippen LogP contribution in [-0.4, -0.2) is 53.4 Å². The molecule has 1 N–H and O–H groups in total. The number of benzene rings is 1. The molecule has 0 aliphatic carbocycles. The Kier molecular flexibility index (Phi) is 3.39. The van der Waals surface area contributed by atoms with E-state index >= 15 is 0 Å². The van der Waals surface area contributed by atoms with Gasteiger partial charge in [0, 0.05) is 35.1 Å². The van der Waals surface area contributed by atoms with Crippen molar-refractivity contribution in [1.82, 2.24) is 14.8 Å². The van der Waals surface area contributed by atoms with Crippen molar-refractivity contribution in [3.63, 3.8) is 0 Å². The number of nitrogens with zero attached hydrogens (tertiary/aromatic N) is 2. The number of likely N-dealkylation sites (N-methyl/N-ethyl adjacent to an activating group) is 1. The molecule has 2 saturated heterocycles. The first-order valence-corrected chi connectivity index (χ1v) is 8.27. The van der Waals surface area contributed by atoms with Gasteiger partial charge in [0.1, 0.15) is 5.69 Å². The lowest BCUT2D eigenvalue weighted by Crippen LogP contribution is -2.42. The average Bonchev–Trinajstić information content (AvgIpc) is 3.10. The lowest BCUT2D eigenvalue weighted by molar-refractivity contribution is 0.0776. The summed E-state index contributed by atoms with van der Waals surface area (Å²) in [5.74, 6) is 0.733. The molecule has 2 aromatic rings. The van der Waals surface area contributed by atoms with Crippen molar-refractivity contribution in [2.45, 2.75) is 18.9 Å². The maximum Gasteiger partial charge on any atom is 0.270 e. The Hall–Kier alpha value is -1.52. The number of piperidine rings is 1. The van der Waals surface area contributed by atoms with E-state index in [0.29, 0.717) is 22.7 Å². The van der Waals surface area contributed by atoms with E-state index in [2.05, 4.69) is 16.9 Å². The molecule has 2 fully saturated rings. The molecule has 0 saturated carbocycles. The highest BCUT2D eigenvalue weighted by Gasteiger charge is 2.39. The minimum Gasteiger partial charge on any atom is -0.351 e. The van der Waals surface area contributed by atoms with Crippen molar-refractivity contribution in [3.8, 4) is 0 Å². The van der Waals surface area contributed by atoms with Crippen molar-refractivity contribution < 1.29 is 4.79 Å². The fraction of sp³-hybridized carbons (Fsp3) is 0.471. The van der Waals surface area contributed by atoms with Gasteiger partial charge >= 0.3 is 0 Å². The summed E-state index contributed by atoms with van der Waals surface area (Å²) in [6.07, 6.45) is 2.48. The predicted octanol–water partition coefficient (Wildman–Crippen LogP) is 2.99. The summed E-state index contributed by atoms with van der Waals surface area (Å²) in [5, 5.41) is 1.68. The molecule has 0 radical (unpaired) electrons. The summed E-state index contributed by atoms with van der Waals surface area (Å²) in [6.45, 7) is 2.87. The minimum atomic E-state index is 0.107. The van der Waals surface area contributed by atoms with Gasteiger partial charge in [-0.25, -0.2) is 0 Å². The molecule has 116 valence electrons. The number of amides is 1. The maximum atomic E-state index is 12.8. The largest absolute Gasteiger partial charge is 0.351 e. The van der Waals surface area contributed by atoms with Crippen LogP contribution in [0.3, 0.4) is 0 Å². The van der Waals surface area contributed by atoms with Crippen LogP contribution in [-0.2, 0) is 0 Å². The first-order valence-electron chi connectivity index (χ1n) is 7.89. The Morgan fingerprint density at radius 1 is 1.32 bits per heavy atom. The second kappa shape index (κ2) is 5.28. The Bertz CT molecular complexity index is 726.